The van der Waals surface area contributed by atoms with E-state index in [1.165, 1.54) is 6.07 Å². The first-order chi connectivity index (χ1) is 9.29. The molecule has 20 heavy (non-hydrogen) atoms. The van der Waals surface area contributed by atoms with Gasteiger partial charge in [0, 0.05) is 14.6 Å². The van der Waals surface area contributed by atoms with E-state index >= 15 is 0 Å². The normalized spacial score (nSPS) is 11.4. The third kappa shape index (κ3) is 3.39. The van der Waals surface area contributed by atoms with Crippen LogP contribution in [0.1, 0.15) is 11.4 Å². The topological polar surface area (TPSA) is 59.1 Å². The number of nitrogens with one attached hydrogen (secondary N) is 1. The molecule has 0 fully saturated rings. The molecule has 1 aromatic carbocycles. The highest BCUT2D eigenvalue weighted by Crippen LogP contribution is 2.27. The lowest BCUT2D eigenvalue weighted by atomic mass is 10.3. The molecule has 0 aliphatic heterocycles. The Morgan fingerprint density at radius 1 is 1.10 bits per heavy atom. The van der Waals surface area contributed by atoms with E-state index in [1.54, 1.807) is 31.2 Å². The molecule has 2 aromatic rings. The van der Waals surface area contributed by atoms with E-state index in [-0.39, 0.29) is 4.90 Å². The van der Waals surface area contributed by atoms with Gasteiger partial charge < -0.3 is 0 Å². The van der Waals surface area contributed by atoms with Gasteiger partial charge in [-0.2, -0.15) is 0 Å². The van der Waals surface area contributed by atoms with Gasteiger partial charge in [-0.3, -0.25) is 9.71 Å². The predicted octanol–water partition coefficient (Wildman–Crippen LogP) is 4.02. The van der Waals surface area contributed by atoms with E-state index in [2.05, 4.69) is 41.6 Å². The molecule has 1 heterocycles. The zero-order valence-corrected chi connectivity index (χ0v) is 14.8. The maximum absolute atomic E-state index is 12.4. The molecule has 0 saturated carbocycles. The molecule has 0 saturated heterocycles. The molecule has 0 spiro atoms. The summed E-state index contributed by atoms with van der Waals surface area (Å²) in [4.78, 5) is 4.42. The molecule has 0 aliphatic carbocycles. The van der Waals surface area contributed by atoms with Crippen LogP contribution in [0.2, 0.25) is 0 Å². The van der Waals surface area contributed by atoms with E-state index in [4.69, 9.17) is 0 Å². The highest BCUT2D eigenvalue weighted by molar-refractivity contribution is 9.11. The highest BCUT2D eigenvalue weighted by atomic mass is 79.9. The Morgan fingerprint density at radius 2 is 1.80 bits per heavy atom. The molecule has 4 nitrogen and oxygen atoms in total. The van der Waals surface area contributed by atoms with Gasteiger partial charge in [0.1, 0.15) is 4.90 Å². The summed E-state index contributed by atoms with van der Waals surface area (Å²) < 4.78 is 28.6. The number of hydrogen-bond acceptors (Lipinski definition) is 3. The van der Waals surface area contributed by atoms with E-state index in [0.29, 0.717) is 15.9 Å². The summed E-state index contributed by atoms with van der Waals surface area (Å²) in [7, 11) is -3.65. The lowest BCUT2D eigenvalue weighted by Gasteiger charge is -2.11. The fourth-order valence-corrected chi connectivity index (χ4v) is 4.55. The van der Waals surface area contributed by atoms with Crippen LogP contribution in [-0.4, -0.2) is 13.4 Å². The monoisotopic (exact) mass is 418 g/mol. The quantitative estimate of drug-likeness (QED) is 0.816. The molecule has 0 radical (unpaired) electrons. The number of aryl methyl sites for hydroxylation is 2. The van der Waals surface area contributed by atoms with Gasteiger partial charge >= 0.3 is 0 Å². The van der Waals surface area contributed by atoms with Crippen LogP contribution in [0.3, 0.4) is 0 Å². The molecule has 1 aromatic heterocycles. The molecular weight excluding hydrogens is 408 g/mol. The lowest BCUT2D eigenvalue weighted by Crippen LogP contribution is -2.14. The van der Waals surface area contributed by atoms with Crippen molar-refractivity contribution in [2.24, 2.45) is 0 Å². The summed E-state index contributed by atoms with van der Waals surface area (Å²) in [5.41, 5.74) is 1.96. The minimum absolute atomic E-state index is 0.181. The second kappa shape index (κ2) is 5.83. The molecule has 2 rings (SSSR count). The van der Waals surface area contributed by atoms with Crippen LogP contribution in [-0.2, 0) is 10.0 Å². The van der Waals surface area contributed by atoms with Crippen LogP contribution < -0.4 is 4.72 Å². The van der Waals surface area contributed by atoms with Crippen molar-refractivity contribution in [3.8, 4) is 0 Å². The lowest BCUT2D eigenvalue weighted by molar-refractivity contribution is 0.600. The van der Waals surface area contributed by atoms with Crippen LogP contribution in [0.4, 0.5) is 5.69 Å². The maximum atomic E-state index is 12.4. The van der Waals surface area contributed by atoms with Crippen LogP contribution in [0.5, 0.6) is 0 Å². The Bertz CT molecular complexity index is 761. The first-order valence-corrected chi connectivity index (χ1v) is 8.78. The van der Waals surface area contributed by atoms with Gasteiger partial charge in [-0.15, -0.1) is 0 Å². The summed E-state index contributed by atoms with van der Waals surface area (Å²) in [5, 5.41) is 0. The van der Waals surface area contributed by atoms with Crippen molar-refractivity contribution < 1.29 is 8.42 Å². The van der Waals surface area contributed by atoms with Crippen LogP contribution in [0.25, 0.3) is 0 Å². The van der Waals surface area contributed by atoms with E-state index in [1.807, 2.05) is 6.92 Å². The number of sulfonamides is 1. The molecule has 0 aliphatic rings. The SMILES string of the molecule is Cc1ccc(NS(=O)(=O)c2ccc(Br)cc2Br)c(C)n1. The van der Waals surface area contributed by atoms with E-state index in [0.717, 1.165) is 10.2 Å². The molecule has 0 bridgehead atoms. The van der Waals surface area contributed by atoms with E-state index in [9.17, 15) is 8.42 Å². The Kier molecular flexibility index (Phi) is 4.51. The summed E-state index contributed by atoms with van der Waals surface area (Å²) in [5.74, 6) is 0. The minimum atomic E-state index is -3.65. The summed E-state index contributed by atoms with van der Waals surface area (Å²) in [6, 6.07) is 8.38. The third-order valence-corrected chi connectivity index (χ3v) is 5.49. The van der Waals surface area contributed by atoms with Gasteiger partial charge in [-0.05, 0) is 60.1 Å². The molecule has 7 heteroatoms. The van der Waals surface area contributed by atoms with Gasteiger partial charge in [0.2, 0.25) is 0 Å². The number of anilines is 1. The number of rotatable bonds is 3. The fourth-order valence-electron chi connectivity index (χ4n) is 1.69. The van der Waals surface area contributed by atoms with Gasteiger partial charge in [-0.25, -0.2) is 8.42 Å². The van der Waals surface area contributed by atoms with Gasteiger partial charge in [-0.1, -0.05) is 15.9 Å². The van der Waals surface area contributed by atoms with Gasteiger partial charge in [0.05, 0.1) is 11.4 Å². The zero-order chi connectivity index (χ0) is 14.9. The Balaban J connectivity index is 2.41. The smallest absolute Gasteiger partial charge is 0.263 e. The van der Waals surface area contributed by atoms with Crippen molar-refractivity contribution >= 4 is 47.6 Å². The number of aromatic nitrogens is 1. The third-order valence-electron chi connectivity index (χ3n) is 2.65. The molecule has 0 atom stereocenters. The largest absolute Gasteiger partial charge is 0.278 e. The maximum Gasteiger partial charge on any atom is 0.263 e. The first kappa shape index (κ1) is 15.5. The minimum Gasteiger partial charge on any atom is -0.278 e. The number of benzene rings is 1. The molecule has 1 N–H and O–H groups in total. The Morgan fingerprint density at radius 3 is 2.40 bits per heavy atom. The van der Waals surface area contributed by atoms with Crippen LogP contribution in [0.15, 0.2) is 44.2 Å². The second-order valence-electron chi connectivity index (χ2n) is 4.27. The highest BCUT2D eigenvalue weighted by Gasteiger charge is 2.19. The summed E-state index contributed by atoms with van der Waals surface area (Å²) >= 11 is 6.56. The van der Waals surface area contributed by atoms with Crippen LogP contribution >= 0.6 is 31.9 Å². The number of nitrogens with zero attached hydrogens (tertiary/aromatic N) is 1. The van der Waals surface area contributed by atoms with Gasteiger partial charge in [0.15, 0.2) is 0 Å². The molecule has 0 unspecified atom stereocenters. The van der Waals surface area contributed by atoms with Crippen LogP contribution in [0, 0.1) is 13.8 Å². The second-order valence-corrected chi connectivity index (χ2v) is 7.69. The average Bonchev–Trinajstić information content (AvgIpc) is 2.32. The summed E-state index contributed by atoms with van der Waals surface area (Å²) in [6.45, 7) is 3.62. The van der Waals surface area contributed by atoms with Crippen molar-refractivity contribution in [1.29, 1.82) is 0 Å². The van der Waals surface area contributed by atoms with Crippen molar-refractivity contribution in [3.63, 3.8) is 0 Å². The number of pyridine rings is 1. The first-order valence-electron chi connectivity index (χ1n) is 5.72. The number of halogens is 2. The Hall–Kier alpha value is -0.920. The van der Waals surface area contributed by atoms with E-state index < -0.39 is 10.0 Å². The zero-order valence-electron chi connectivity index (χ0n) is 10.8. The average molecular weight is 420 g/mol. The predicted molar refractivity (Wildman–Crippen MR) is 86.4 cm³/mol. The fraction of sp³-hybridized carbons (Fsp3) is 0.154. The van der Waals surface area contributed by atoms with Crippen molar-refractivity contribution in [1.82, 2.24) is 4.98 Å². The summed E-state index contributed by atoms with van der Waals surface area (Å²) in [6.07, 6.45) is 0. The molecule has 0 amide bonds. The van der Waals surface area contributed by atoms with Gasteiger partial charge in [0.25, 0.3) is 10.0 Å². The van der Waals surface area contributed by atoms with Crippen molar-refractivity contribution in [2.75, 3.05) is 4.72 Å². The molecular formula is C13H12Br2N2O2S. The molecule has 106 valence electrons. The van der Waals surface area contributed by atoms with Crippen molar-refractivity contribution in [2.45, 2.75) is 18.7 Å². The van der Waals surface area contributed by atoms with Crippen molar-refractivity contribution in [3.05, 3.63) is 50.7 Å². The Labute approximate surface area is 134 Å². The number of hydrogen-bond donors (Lipinski definition) is 1. The standard InChI is InChI=1S/C13H12Br2N2O2S/c1-8-3-5-12(9(2)16-8)17-20(18,19)13-6-4-10(14)7-11(13)15/h3-7,17H,1-2H3.